The lowest BCUT2D eigenvalue weighted by molar-refractivity contribution is 0.548. The molecule has 130 valence electrons. The molecule has 0 aliphatic heterocycles. The highest BCUT2D eigenvalue weighted by Gasteiger charge is 2.15. The van der Waals surface area contributed by atoms with E-state index in [1.54, 1.807) is 0 Å². The molecule has 0 saturated heterocycles. The Kier molecular flexibility index (Phi) is 4.59. The summed E-state index contributed by atoms with van der Waals surface area (Å²) < 4.78 is 1.94. The van der Waals surface area contributed by atoms with Gasteiger partial charge >= 0.3 is 0 Å². The minimum absolute atomic E-state index is 0.0417. The Labute approximate surface area is 157 Å². The van der Waals surface area contributed by atoms with E-state index in [9.17, 15) is 0 Å². The predicted molar refractivity (Wildman–Crippen MR) is 107 cm³/mol. The zero-order valence-corrected chi connectivity index (χ0v) is 15.2. The lowest BCUT2D eigenvalue weighted by Gasteiger charge is -2.21. The molecule has 0 aliphatic rings. The van der Waals surface area contributed by atoms with Crippen molar-refractivity contribution < 1.29 is 0 Å². The van der Waals surface area contributed by atoms with Gasteiger partial charge in [-0.15, -0.1) is 5.10 Å². The van der Waals surface area contributed by atoms with Crippen molar-refractivity contribution in [3.8, 4) is 0 Å². The zero-order valence-electron chi connectivity index (χ0n) is 14.4. The molecule has 26 heavy (non-hydrogen) atoms. The zero-order chi connectivity index (χ0) is 17.9. The van der Waals surface area contributed by atoms with Crippen molar-refractivity contribution in [1.82, 2.24) is 15.0 Å². The van der Waals surface area contributed by atoms with E-state index in [0.717, 1.165) is 27.3 Å². The average molecular weight is 363 g/mol. The van der Waals surface area contributed by atoms with Crippen LogP contribution in [-0.4, -0.2) is 15.0 Å². The number of nitrogens with zero attached hydrogens (tertiary/aromatic N) is 3. The first-order valence-corrected chi connectivity index (χ1v) is 8.94. The summed E-state index contributed by atoms with van der Waals surface area (Å²) in [4.78, 5) is 0. The molecule has 4 aromatic rings. The van der Waals surface area contributed by atoms with E-state index < -0.39 is 0 Å². The van der Waals surface area contributed by atoms with Gasteiger partial charge in [-0.05, 0) is 48.9 Å². The summed E-state index contributed by atoms with van der Waals surface area (Å²) in [6.07, 6.45) is 0. The number of aryl methyl sites for hydroxylation is 1. The van der Waals surface area contributed by atoms with Crippen LogP contribution in [0.2, 0.25) is 5.02 Å². The molecular weight excluding hydrogens is 344 g/mol. The van der Waals surface area contributed by atoms with Crippen LogP contribution >= 0.6 is 11.6 Å². The topological polar surface area (TPSA) is 42.7 Å². The van der Waals surface area contributed by atoms with Crippen molar-refractivity contribution in [1.29, 1.82) is 0 Å². The third kappa shape index (κ3) is 3.55. The van der Waals surface area contributed by atoms with Gasteiger partial charge < -0.3 is 5.32 Å². The highest BCUT2D eigenvalue weighted by Crippen LogP contribution is 2.24. The fraction of sp³-hybridized carbons (Fsp3) is 0.143. The lowest BCUT2D eigenvalue weighted by Crippen LogP contribution is -2.18. The smallest absolute Gasteiger partial charge is 0.113 e. The number of halogens is 1. The van der Waals surface area contributed by atoms with Crippen LogP contribution in [-0.2, 0) is 6.54 Å². The molecule has 0 fully saturated rings. The molecule has 1 atom stereocenters. The molecule has 0 saturated carbocycles. The Bertz CT molecular complexity index is 1010. The maximum atomic E-state index is 6.07. The number of aromatic nitrogens is 3. The number of fused-ring (bicyclic) bond motifs is 1. The molecule has 1 heterocycles. The van der Waals surface area contributed by atoms with E-state index in [0.29, 0.717) is 6.54 Å². The van der Waals surface area contributed by atoms with E-state index in [1.807, 2.05) is 53.2 Å². The number of nitrogens with one attached hydrogen (secondary N) is 1. The maximum absolute atomic E-state index is 6.07. The fourth-order valence-electron chi connectivity index (χ4n) is 3.01. The van der Waals surface area contributed by atoms with Gasteiger partial charge in [0.05, 0.1) is 18.1 Å². The normalized spacial score (nSPS) is 12.2. The number of anilines is 1. The van der Waals surface area contributed by atoms with Crippen molar-refractivity contribution in [2.45, 2.75) is 19.5 Å². The van der Waals surface area contributed by atoms with Crippen molar-refractivity contribution in [3.63, 3.8) is 0 Å². The number of hydrogen-bond donors (Lipinski definition) is 1. The first kappa shape index (κ1) is 16.6. The van der Waals surface area contributed by atoms with Crippen LogP contribution in [0.15, 0.2) is 72.8 Å². The molecule has 3 aromatic carbocycles. The summed E-state index contributed by atoms with van der Waals surface area (Å²) in [5.74, 6) is 0. The number of para-hydroxylation sites is 1. The van der Waals surface area contributed by atoms with Crippen LogP contribution in [0.1, 0.15) is 17.2 Å². The Morgan fingerprint density at radius 2 is 1.69 bits per heavy atom. The van der Waals surface area contributed by atoms with Gasteiger partial charge in [-0.1, -0.05) is 58.8 Å². The Morgan fingerprint density at radius 1 is 0.962 bits per heavy atom. The molecule has 5 heteroatoms. The van der Waals surface area contributed by atoms with Crippen LogP contribution < -0.4 is 5.32 Å². The molecule has 0 amide bonds. The number of hydrogen-bond acceptors (Lipinski definition) is 3. The van der Waals surface area contributed by atoms with Crippen molar-refractivity contribution in [2.75, 3.05) is 5.32 Å². The van der Waals surface area contributed by atoms with E-state index in [-0.39, 0.29) is 6.04 Å². The first-order chi connectivity index (χ1) is 12.7. The Hall–Kier alpha value is -2.85. The van der Waals surface area contributed by atoms with Gasteiger partial charge in [0.1, 0.15) is 5.52 Å². The molecule has 0 radical (unpaired) electrons. The van der Waals surface area contributed by atoms with Crippen molar-refractivity contribution in [3.05, 3.63) is 88.9 Å². The summed E-state index contributed by atoms with van der Waals surface area (Å²) in [7, 11) is 0. The largest absolute Gasteiger partial charge is 0.376 e. The summed E-state index contributed by atoms with van der Waals surface area (Å²) in [5.41, 5.74) is 5.38. The Morgan fingerprint density at radius 3 is 2.46 bits per heavy atom. The first-order valence-electron chi connectivity index (χ1n) is 8.56. The minimum Gasteiger partial charge on any atom is -0.376 e. The molecule has 1 unspecified atom stereocenters. The molecule has 4 rings (SSSR count). The van der Waals surface area contributed by atoms with E-state index in [1.165, 1.54) is 5.56 Å². The average Bonchev–Trinajstić information content (AvgIpc) is 3.07. The maximum Gasteiger partial charge on any atom is 0.113 e. The monoisotopic (exact) mass is 362 g/mol. The second-order valence-corrected chi connectivity index (χ2v) is 6.81. The van der Waals surface area contributed by atoms with Gasteiger partial charge in [-0.25, -0.2) is 4.68 Å². The Balaban J connectivity index is 1.67. The van der Waals surface area contributed by atoms with Crippen molar-refractivity contribution >= 4 is 28.3 Å². The standard InChI is InChI=1S/C21H19ClN4/c1-15-6-12-18(13-7-15)23-20(16-8-10-17(22)11-9-16)14-26-21-5-3-2-4-19(21)24-25-26/h2-13,20,23H,14H2,1H3. The van der Waals surface area contributed by atoms with Gasteiger partial charge in [0, 0.05) is 10.7 Å². The van der Waals surface area contributed by atoms with Crippen LogP contribution in [0.5, 0.6) is 0 Å². The second kappa shape index (κ2) is 7.18. The summed E-state index contributed by atoms with van der Waals surface area (Å²) in [6.45, 7) is 2.75. The minimum atomic E-state index is 0.0417. The molecule has 0 spiro atoms. The molecule has 4 nitrogen and oxygen atoms in total. The highest BCUT2D eigenvalue weighted by atomic mass is 35.5. The van der Waals surface area contributed by atoms with E-state index >= 15 is 0 Å². The number of benzene rings is 3. The molecule has 0 bridgehead atoms. The quantitative estimate of drug-likeness (QED) is 0.527. The summed E-state index contributed by atoms with van der Waals surface area (Å²) in [6, 6.07) is 24.4. The second-order valence-electron chi connectivity index (χ2n) is 6.37. The van der Waals surface area contributed by atoms with Crippen LogP contribution in [0.25, 0.3) is 11.0 Å². The van der Waals surface area contributed by atoms with Gasteiger partial charge in [-0.2, -0.15) is 0 Å². The molecule has 1 N–H and O–H groups in total. The number of rotatable bonds is 5. The third-order valence-electron chi connectivity index (χ3n) is 4.44. The SMILES string of the molecule is Cc1ccc(NC(Cn2nnc3ccccc32)c2ccc(Cl)cc2)cc1. The summed E-state index contributed by atoms with van der Waals surface area (Å²) >= 11 is 6.07. The lowest BCUT2D eigenvalue weighted by atomic mass is 10.1. The van der Waals surface area contributed by atoms with Crippen LogP contribution in [0.4, 0.5) is 5.69 Å². The van der Waals surface area contributed by atoms with Gasteiger partial charge in [0.2, 0.25) is 0 Å². The van der Waals surface area contributed by atoms with E-state index in [2.05, 4.69) is 46.8 Å². The van der Waals surface area contributed by atoms with Crippen LogP contribution in [0, 0.1) is 6.92 Å². The predicted octanol–water partition coefficient (Wildman–Crippen LogP) is 5.25. The van der Waals surface area contributed by atoms with Gasteiger partial charge in [0.25, 0.3) is 0 Å². The van der Waals surface area contributed by atoms with E-state index in [4.69, 9.17) is 11.6 Å². The van der Waals surface area contributed by atoms with Crippen molar-refractivity contribution in [2.24, 2.45) is 0 Å². The van der Waals surface area contributed by atoms with Gasteiger partial charge in [0.15, 0.2) is 0 Å². The fourth-order valence-corrected chi connectivity index (χ4v) is 3.13. The molecule has 0 aliphatic carbocycles. The third-order valence-corrected chi connectivity index (χ3v) is 4.69. The molecule has 1 aromatic heterocycles. The van der Waals surface area contributed by atoms with Gasteiger partial charge in [-0.3, -0.25) is 0 Å². The summed E-state index contributed by atoms with van der Waals surface area (Å²) in [5, 5.41) is 12.9. The highest BCUT2D eigenvalue weighted by molar-refractivity contribution is 6.30. The molecular formula is C21H19ClN4. The van der Waals surface area contributed by atoms with Crippen LogP contribution in [0.3, 0.4) is 0 Å².